The van der Waals surface area contributed by atoms with E-state index < -0.39 is 0 Å². The van der Waals surface area contributed by atoms with E-state index in [2.05, 4.69) is 61.8 Å². The topological polar surface area (TPSA) is 41.7 Å². The number of piperidine rings is 1. The van der Waals surface area contributed by atoms with Crippen LogP contribution in [0.15, 0.2) is 24.3 Å². The van der Waals surface area contributed by atoms with Crippen LogP contribution in [-0.4, -0.2) is 49.8 Å². The first-order chi connectivity index (χ1) is 16.0. The SMILES string of the molecule is CCC(C)[C@H](N)CN1CCC(N(CCC(C)C)c2ccc(OCC3CCCCC3)cc2)CC1. The van der Waals surface area contributed by atoms with Gasteiger partial charge in [-0.05, 0) is 74.1 Å². The highest BCUT2D eigenvalue weighted by atomic mass is 16.5. The summed E-state index contributed by atoms with van der Waals surface area (Å²) in [5.41, 5.74) is 7.80. The van der Waals surface area contributed by atoms with E-state index in [1.807, 2.05) is 0 Å². The van der Waals surface area contributed by atoms with E-state index in [0.717, 1.165) is 50.4 Å². The van der Waals surface area contributed by atoms with Crippen molar-refractivity contribution in [1.82, 2.24) is 4.90 Å². The number of nitrogens with zero attached hydrogens (tertiary/aromatic N) is 2. The predicted molar refractivity (Wildman–Crippen MR) is 142 cm³/mol. The lowest BCUT2D eigenvalue weighted by Gasteiger charge is -2.41. The van der Waals surface area contributed by atoms with E-state index in [-0.39, 0.29) is 0 Å². The summed E-state index contributed by atoms with van der Waals surface area (Å²) in [5.74, 6) is 3.10. The van der Waals surface area contributed by atoms with Gasteiger partial charge in [-0.3, -0.25) is 0 Å². The number of benzene rings is 1. The second-order valence-corrected chi connectivity index (χ2v) is 11.3. The molecule has 1 aromatic carbocycles. The monoisotopic (exact) mass is 457 g/mol. The second kappa shape index (κ2) is 13.6. The molecule has 4 nitrogen and oxygen atoms in total. The molecule has 2 atom stereocenters. The van der Waals surface area contributed by atoms with Crippen molar-refractivity contribution in [3.63, 3.8) is 0 Å². The molecule has 1 aromatic rings. The number of anilines is 1. The Morgan fingerprint density at radius 2 is 1.67 bits per heavy atom. The number of hydrogen-bond donors (Lipinski definition) is 1. The van der Waals surface area contributed by atoms with Gasteiger partial charge in [0.15, 0.2) is 0 Å². The lowest BCUT2D eigenvalue weighted by atomic mass is 9.90. The minimum atomic E-state index is 0.296. The van der Waals surface area contributed by atoms with Crippen molar-refractivity contribution >= 4 is 5.69 Å². The van der Waals surface area contributed by atoms with Gasteiger partial charge in [0.2, 0.25) is 0 Å². The molecule has 1 saturated carbocycles. The van der Waals surface area contributed by atoms with Crippen molar-refractivity contribution in [3.8, 4) is 5.75 Å². The standard InChI is InChI=1S/C29H51N3O/c1-5-24(4)29(30)21-31-18-16-27(17-19-31)32(20-15-23(2)3)26-11-13-28(14-12-26)33-22-25-9-7-6-8-10-25/h11-14,23-25,27,29H,5-10,15-22,30H2,1-4H3/t24?,29-/m1/s1. The molecule has 0 bridgehead atoms. The van der Waals surface area contributed by atoms with Gasteiger partial charge in [-0.1, -0.05) is 53.4 Å². The van der Waals surface area contributed by atoms with Gasteiger partial charge in [-0.15, -0.1) is 0 Å². The van der Waals surface area contributed by atoms with Gasteiger partial charge in [0.1, 0.15) is 5.75 Å². The quantitative estimate of drug-likeness (QED) is 0.398. The molecule has 0 spiro atoms. The molecule has 2 aliphatic rings. The fourth-order valence-corrected chi connectivity index (χ4v) is 5.42. The minimum Gasteiger partial charge on any atom is -0.493 e. The highest BCUT2D eigenvalue weighted by molar-refractivity contribution is 5.50. The average Bonchev–Trinajstić information content (AvgIpc) is 2.84. The lowest BCUT2D eigenvalue weighted by molar-refractivity contribution is 0.183. The van der Waals surface area contributed by atoms with Gasteiger partial charge in [-0.25, -0.2) is 0 Å². The van der Waals surface area contributed by atoms with Gasteiger partial charge in [-0.2, -0.15) is 0 Å². The molecule has 2 fully saturated rings. The lowest BCUT2D eigenvalue weighted by Crippen LogP contribution is -2.49. The van der Waals surface area contributed by atoms with Crippen molar-refractivity contribution in [2.45, 2.75) is 97.6 Å². The number of nitrogens with two attached hydrogens (primary N) is 1. The normalized spacial score (nSPS) is 20.7. The molecule has 1 aliphatic heterocycles. The van der Waals surface area contributed by atoms with Crippen molar-refractivity contribution in [2.75, 3.05) is 37.7 Å². The van der Waals surface area contributed by atoms with Crippen LogP contribution in [0.5, 0.6) is 5.75 Å². The Labute approximate surface area is 204 Å². The van der Waals surface area contributed by atoms with Crippen molar-refractivity contribution < 1.29 is 4.74 Å². The summed E-state index contributed by atoms with van der Waals surface area (Å²) in [6.45, 7) is 14.6. The van der Waals surface area contributed by atoms with Crippen LogP contribution in [0.1, 0.15) is 85.5 Å². The predicted octanol–water partition coefficient (Wildman–Crippen LogP) is 6.34. The molecule has 4 heteroatoms. The third-order valence-corrected chi connectivity index (χ3v) is 8.17. The largest absolute Gasteiger partial charge is 0.493 e. The molecular weight excluding hydrogens is 406 g/mol. The summed E-state index contributed by atoms with van der Waals surface area (Å²) < 4.78 is 6.17. The van der Waals surface area contributed by atoms with Crippen LogP contribution in [0.2, 0.25) is 0 Å². The van der Waals surface area contributed by atoms with Crippen molar-refractivity contribution in [1.29, 1.82) is 0 Å². The average molecular weight is 458 g/mol. The van der Waals surface area contributed by atoms with E-state index in [4.69, 9.17) is 10.5 Å². The first-order valence-electron chi connectivity index (χ1n) is 13.9. The van der Waals surface area contributed by atoms with Crippen molar-refractivity contribution in [2.24, 2.45) is 23.5 Å². The smallest absolute Gasteiger partial charge is 0.119 e. The fraction of sp³-hybridized carbons (Fsp3) is 0.793. The fourth-order valence-electron chi connectivity index (χ4n) is 5.42. The number of hydrogen-bond acceptors (Lipinski definition) is 4. The van der Waals surface area contributed by atoms with Crippen LogP contribution in [-0.2, 0) is 0 Å². The summed E-state index contributed by atoms with van der Waals surface area (Å²) in [6, 6.07) is 9.89. The van der Waals surface area contributed by atoms with E-state index in [1.165, 1.54) is 63.5 Å². The van der Waals surface area contributed by atoms with Gasteiger partial charge in [0.25, 0.3) is 0 Å². The number of ether oxygens (including phenoxy) is 1. The Balaban J connectivity index is 1.55. The summed E-state index contributed by atoms with van der Waals surface area (Å²) in [7, 11) is 0. The first kappa shape index (κ1) is 26.3. The first-order valence-corrected chi connectivity index (χ1v) is 13.9. The molecule has 3 rings (SSSR count). The Morgan fingerprint density at radius 3 is 2.27 bits per heavy atom. The van der Waals surface area contributed by atoms with Crippen LogP contribution in [0, 0.1) is 17.8 Å². The molecule has 188 valence electrons. The zero-order valence-electron chi connectivity index (χ0n) is 22.0. The Kier molecular flexibility index (Phi) is 10.8. The minimum absolute atomic E-state index is 0.296. The highest BCUT2D eigenvalue weighted by Gasteiger charge is 2.26. The van der Waals surface area contributed by atoms with Crippen LogP contribution >= 0.6 is 0 Å². The number of rotatable bonds is 12. The molecule has 1 saturated heterocycles. The van der Waals surface area contributed by atoms with Crippen LogP contribution in [0.4, 0.5) is 5.69 Å². The number of likely N-dealkylation sites (tertiary alicyclic amines) is 1. The van der Waals surface area contributed by atoms with E-state index in [0.29, 0.717) is 18.0 Å². The van der Waals surface area contributed by atoms with Gasteiger partial charge >= 0.3 is 0 Å². The third-order valence-electron chi connectivity index (χ3n) is 8.17. The Hall–Kier alpha value is -1.26. The molecule has 0 aromatic heterocycles. The molecule has 2 N–H and O–H groups in total. The van der Waals surface area contributed by atoms with Gasteiger partial charge < -0.3 is 20.3 Å². The molecule has 0 amide bonds. The zero-order valence-corrected chi connectivity index (χ0v) is 22.0. The third kappa shape index (κ3) is 8.47. The maximum atomic E-state index is 6.45. The van der Waals surface area contributed by atoms with Gasteiger partial charge in [0, 0.05) is 44.0 Å². The van der Waals surface area contributed by atoms with Crippen LogP contribution < -0.4 is 15.4 Å². The zero-order chi connectivity index (χ0) is 23.6. The Morgan fingerprint density at radius 1 is 1.00 bits per heavy atom. The highest BCUT2D eigenvalue weighted by Crippen LogP contribution is 2.28. The summed E-state index contributed by atoms with van der Waals surface area (Å²) in [4.78, 5) is 5.27. The molecule has 1 aliphatic carbocycles. The Bertz CT molecular complexity index is 647. The molecule has 0 radical (unpaired) electrons. The molecule has 1 unspecified atom stereocenters. The summed E-state index contributed by atoms with van der Waals surface area (Å²) >= 11 is 0. The molecular formula is C29H51N3O. The molecule has 33 heavy (non-hydrogen) atoms. The maximum absolute atomic E-state index is 6.45. The maximum Gasteiger partial charge on any atom is 0.119 e. The molecule has 1 heterocycles. The van der Waals surface area contributed by atoms with Gasteiger partial charge in [0.05, 0.1) is 6.61 Å². The van der Waals surface area contributed by atoms with Crippen molar-refractivity contribution in [3.05, 3.63) is 24.3 Å². The van der Waals surface area contributed by atoms with E-state index in [9.17, 15) is 0 Å². The van der Waals surface area contributed by atoms with E-state index in [1.54, 1.807) is 0 Å². The second-order valence-electron chi connectivity index (χ2n) is 11.3. The van der Waals surface area contributed by atoms with Crippen LogP contribution in [0.25, 0.3) is 0 Å². The van der Waals surface area contributed by atoms with E-state index >= 15 is 0 Å². The summed E-state index contributed by atoms with van der Waals surface area (Å²) in [5, 5.41) is 0. The van der Waals surface area contributed by atoms with Crippen LogP contribution in [0.3, 0.4) is 0 Å². The summed E-state index contributed by atoms with van der Waals surface area (Å²) in [6.07, 6.45) is 11.7.